The van der Waals surface area contributed by atoms with E-state index in [1.165, 1.54) is 34.6 Å². The number of hydrogen-bond donors (Lipinski definition) is 2. The van der Waals surface area contributed by atoms with E-state index in [1.807, 2.05) is 11.3 Å². The predicted octanol–water partition coefficient (Wildman–Crippen LogP) is 3.38. The highest BCUT2D eigenvalue weighted by Gasteiger charge is 2.22. The molecule has 1 aromatic rings. The summed E-state index contributed by atoms with van der Waals surface area (Å²) < 4.78 is 1.22. The normalized spacial score (nSPS) is 21.2. The third-order valence-corrected chi connectivity index (χ3v) is 5.63. The molecule has 2 nitrogen and oxygen atoms in total. The van der Waals surface area contributed by atoms with E-state index in [1.54, 1.807) is 0 Å². The molecule has 2 heterocycles. The minimum Gasteiger partial charge on any atom is -0.316 e. The van der Waals surface area contributed by atoms with E-state index >= 15 is 0 Å². The summed E-state index contributed by atoms with van der Waals surface area (Å²) in [6.45, 7) is 9.21. The third-order valence-electron chi connectivity index (χ3n) is 3.64. The molecule has 1 atom stereocenters. The lowest BCUT2D eigenvalue weighted by molar-refractivity contribution is 0.346. The summed E-state index contributed by atoms with van der Waals surface area (Å²) in [6.07, 6.45) is 2.69. The van der Waals surface area contributed by atoms with Gasteiger partial charge < -0.3 is 10.6 Å². The van der Waals surface area contributed by atoms with E-state index in [9.17, 15) is 0 Å². The zero-order valence-corrected chi connectivity index (χ0v) is 13.7. The smallest absolute Gasteiger partial charge is 0.0701 e. The molecule has 0 aromatic carbocycles. The lowest BCUT2D eigenvalue weighted by Crippen LogP contribution is -2.40. The van der Waals surface area contributed by atoms with E-state index in [4.69, 9.17) is 0 Å². The highest BCUT2D eigenvalue weighted by atomic mass is 79.9. The van der Waals surface area contributed by atoms with Crippen molar-refractivity contribution in [1.29, 1.82) is 0 Å². The number of hydrogen-bond acceptors (Lipinski definition) is 3. The molecule has 1 aromatic heterocycles. The van der Waals surface area contributed by atoms with Crippen LogP contribution in [0.5, 0.6) is 0 Å². The molecule has 18 heavy (non-hydrogen) atoms. The summed E-state index contributed by atoms with van der Waals surface area (Å²) in [5, 5.41) is 7.13. The summed E-state index contributed by atoms with van der Waals surface area (Å²) in [5.41, 5.74) is 0.221. The number of halogens is 1. The Kier molecular flexibility index (Phi) is 5.24. The van der Waals surface area contributed by atoms with E-state index in [0.29, 0.717) is 0 Å². The molecular formula is C14H23BrN2S. The van der Waals surface area contributed by atoms with Gasteiger partial charge >= 0.3 is 0 Å². The van der Waals surface area contributed by atoms with Crippen LogP contribution >= 0.6 is 27.3 Å². The Bertz CT molecular complexity index is 370. The van der Waals surface area contributed by atoms with Crippen molar-refractivity contribution >= 4 is 27.3 Å². The zero-order chi connectivity index (χ0) is 13.0. The van der Waals surface area contributed by atoms with E-state index in [0.717, 1.165) is 19.0 Å². The van der Waals surface area contributed by atoms with Crippen LogP contribution in [0, 0.1) is 5.92 Å². The Morgan fingerprint density at radius 1 is 1.50 bits per heavy atom. The second-order valence-electron chi connectivity index (χ2n) is 5.83. The number of rotatable bonds is 5. The van der Waals surface area contributed by atoms with Crippen molar-refractivity contribution in [3.8, 4) is 0 Å². The van der Waals surface area contributed by atoms with Gasteiger partial charge in [-0.1, -0.05) is 13.8 Å². The average molecular weight is 331 g/mol. The van der Waals surface area contributed by atoms with Gasteiger partial charge in [-0.15, -0.1) is 11.3 Å². The number of piperidine rings is 1. The van der Waals surface area contributed by atoms with Crippen molar-refractivity contribution in [1.82, 2.24) is 10.6 Å². The zero-order valence-electron chi connectivity index (χ0n) is 11.3. The van der Waals surface area contributed by atoms with Crippen molar-refractivity contribution in [3.63, 3.8) is 0 Å². The van der Waals surface area contributed by atoms with Gasteiger partial charge in [-0.3, -0.25) is 0 Å². The number of nitrogens with one attached hydrogen (secondary N) is 2. The molecule has 0 amide bonds. The number of thiophene rings is 1. The van der Waals surface area contributed by atoms with Crippen LogP contribution in [0.4, 0.5) is 0 Å². The fraction of sp³-hybridized carbons (Fsp3) is 0.714. The molecule has 102 valence electrons. The van der Waals surface area contributed by atoms with Gasteiger partial charge in [0.25, 0.3) is 0 Å². The summed E-state index contributed by atoms with van der Waals surface area (Å²) in [4.78, 5) is 1.45. The molecule has 1 aliphatic rings. The Hall–Kier alpha value is 0.1000. The van der Waals surface area contributed by atoms with Crippen LogP contribution in [0.1, 0.15) is 31.6 Å². The van der Waals surface area contributed by atoms with Crippen molar-refractivity contribution in [2.45, 2.75) is 32.1 Å². The summed E-state index contributed by atoms with van der Waals surface area (Å²) in [7, 11) is 0. The van der Waals surface area contributed by atoms with Crippen LogP contribution in [-0.4, -0.2) is 26.2 Å². The Morgan fingerprint density at radius 2 is 2.33 bits per heavy atom. The second-order valence-corrected chi connectivity index (χ2v) is 8.29. The molecule has 0 aliphatic carbocycles. The Morgan fingerprint density at radius 3 is 2.94 bits per heavy atom. The largest absolute Gasteiger partial charge is 0.316 e. The van der Waals surface area contributed by atoms with Gasteiger partial charge in [0.2, 0.25) is 0 Å². The fourth-order valence-corrected chi connectivity index (χ4v) is 3.94. The van der Waals surface area contributed by atoms with Crippen molar-refractivity contribution < 1.29 is 0 Å². The first-order valence-electron chi connectivity index (χ1n) is 6.75. The summed E-state index contributed by atoms with van der Waals surface area (Å²) in [6, 6.07) is 4.38. The molecule has 1 saturated heterocycles. The first-order chi connectivity index (χ1) is 8.58. The van der Waals surface area contributed by atoms with Crippen LogP contribution in [0.25, 0.3) is 0 Å². The molecule has 0 bridgehead atoms. The molecule has 0 radical (unpaired) electrons. The van der Waals surface area contributed by atoms with Gasteiger partial charge in [-0.05, 0) is 66.5 Å². The maximum absolute atomic E-state index is 3.65. The molecule has 1 aliphatic heterocycles. The summed E-state index contributed by atoms with van der Waals surface area (Å²) >= 11 is 5.39. The highest BCUT2D eigenvalue weighted by Crippen LogP contribution is 2.32. The van der Waals surface area contributed by atoms with E-state index < -0.39 is 0 Å². The van der Waals surface area contributed by atoms with E-state index in [-0.39, 0.29) is 5.41 Å². The molecule has 0 spiro atoms. The second kappa shape index (κ2) is 6.51. The molecule has 2 rings (SSSR count). The van der Waals surface area contributed by atoms with Crippen LogP contribution in [-0.2, 0) is 5.41 Å². The first-order valence-corrected chi connectivity index (χ1v) is 8.36. The molecule has 2 N–H and O–H groups in total. The quantitative estimate of drug-likeness (QED) is 0.864. The molecular weight excluding hydrogens is 308 g/mol. The van der Waals surface area contributed by atoms with E-state index in [2.05, 4.69) is 52.5 Å². The van der Waals surface area contributed by atoms with Gasteiger partial charge in [0.15, 0.2) is 0 Å². The van der Waals surface area contributed by atoms with Gasteiger partial charge in [0.05, 0.1) is 3.79 Å². The molecule has 0 saturated carbocycles. The molecule has 1 unspecified atom stereocenters. The molecule has 1 fully saturated rings. The predicted molar refractivity (Wildman–Crippen MR) is 83.5 cm³/mol. The lowest BCUT2D eigenvalue weighted by atomic mass is 9.91. The van der Waals surface area contributed by atoms with Gasteiger partial charge in [-0.2, -0.15) is 0 Å². The van der Waals surface area contributed by atoms with Crippen LogP contribution in [0.3, 0.4) is 0 Å². The topological polar surface area (TPSA) is 24.1 Å². The highest BCUT2D eigenvalue weighted by molar-refractivity contribution is 9.11. The third kappa shape index (κ3) is 4.05. The standard InChI is InChI=1S/C14H23BrN2S/c1-14(2,12-5-6-13(15)18-12)10-17-9-11-4-3-7-16-8-11/h5-6,11,16-17H,3-4,7-10H2,1-2H3. The summed E-state index contributed by atoms with van der Waals surface area (Å²) in [5.74, 6) is 0.810. The Labute approximate surface area is 123 Å². The maximum Gasteiger partial charge on any atom is 0.0701 e. The van der Waals surface area contributed by atoms with Gasteiger partial charge in [0.1, 0.15) is 0 Å². The fourth-order valence-electron chi connectivity index (χ4n) is 2.45. The van der Waals surface area contributed by atoms with Crippen LogP contribution in [0.2, 0.25) is 0 Å². The average Bonchev–Trinajstić information content (AvgIpc) is 2.78. The molecule has 4 heteroatoms. The maximum atomic E-state index is 3.65. The van der Waals surface area contributed by atoms with Crippen molar-refractivity contribution in [2.75, 3.05) is 26.2 Å². The lowest BCUT2D eigenvalue weighted by Gasteiger charge is -2.27. The monoisotopic (exact) mass is 330 g/mol. The minimum absolute atomic E-state index is 0.221. The first kappa shape index (κ1) is 14.5. The minimum atomic E-state index is 0.221. The SMILES string of the molecule is CC(C)(CNCC1CCCNC1)c1ccc(Br)s1. The van der Waals surface area contributed by atoms with Crippen LogP contribution in [0.15, 0.2) is 15.9 Å². The Balaban J connectivity index is 1.78. The van der Waals surface area contributed by atoms with Crippen molar-refractivity contribution in [2.24, 2.45) is 5.92 Å². The van der Waals surface area contributed by atoms with Crippen molar-refractivity contribution in [3.05, 3.63) is 20.8 Å². The van der Waals surface area contributed by atoms with Gasteiger partial charge in [0, 0.05) is 16.8 Å². The van der Waals surface area contributed by atoms with Crippen LogP contribution < -0.4 is 10.6 Å². The van der Waals surface area contributed by atoms with Gasteiger partial charge in [-0.25, -0.2) is 0 Å².